The Morgan fingerprint density at radius 1 is 1.40 bits per heavy atom. The molecule has 0 spiro atoms. The van der Waals surface area contributed by atoms with Crippen molar-refractivity contribution in [3.8, 4) is 0 Å². The molecule has 20 heavy (non-hydrogen) atoms. The first-order valence-corrected chi connectivity index (χ1v) is 8.27. The lowest BCUT2D eigenvalue weighted by Crippen LogP contribution is -2.26. The van der Waals surface area contributed by atoms with Crippen LogP contribution in [0.1, 0.15) is 33.5 Å². The van der Waals surface area contributed by atoms with Crippen molar-refractivity contribution >= 4 is 45.2 Å². The molecule has 1 aromatic heterocycles. The van der Waals surface area contributed by atoms with Crippen molar-refractivity contribution < 1.29 is 4.39 Å². The van der Waals surface area contributed by atoms with Gasteiger partial charge in [0.1, 0.15) is 11.6 Å². The van der Waals surface area contributed by atoms with E-state index < -0.39 is 0 Å². The molecular weight excluding hydrogens is 390 g/mol. The van der Waals surface area contributed by atoms with Gasteiger partial charge in [-0.2, -0.15) is 0 Å². The largest absolute Gasteiger partial charge is 0.326 e. The van der Waals surface area contributed by atoms with Crippen molar-refractivity contribution in [3.63, 3.8) is 0 Å². The van der Waals surface area contributed by atoms with E-state index in [0.717, 1.165) is 23.4 Å². The number of fused-ring (bicyclic) bond motifs is 1. The molecule has 0 bridgehead atoms. The van der Waals surface area contributed by atoms with Crippen molar-refractivity contribution in [1.29, 1.82) is 0 Å². The number of benzene rings is 1. The molecule has 2 nitrogen and oxygen atoms in total. The monoisotopic (exact) mass is 408 g/mol. The molecule has 0 saturated carbocycles. The number of imidazole rings is 1. The first-order chi connectivity index (χ1) is 9.26. The Kier molecular flexibility index (Phi) is 4.64. The fourth-order valence-electron chi connectivity index (χ4n) is 2.04. The van der Waals surface area contributed by atoms with E-state index >= 15 is 0 Å². The van der Waals surface area contributed by atoms with Gasteiger partial charge in [0.15, 0.2) is 0 Å². The zero-order valence-corrected chi connectivity index (χ0v) is 15.1. The Labute approximate surface area is 137 Å². The predicted octanol–water partition coefficient (Wildman–Crippen LogP) is 5.20. The molecule has 110 valence electrons. The van der Waals surface area contributed by atoms with Crippen molar-refractivity contribution in [1.82, 2.24) is 9.55 Å². The lowest BCUT2D eigenvalue weighted by Gasteiger charge is -2.30. The van der Waals surface area contributed by atoms with Crippen LogP contribution in [0.4, 0.5) is 4.39 Å². The van der Waals surface area contributed by atoms with Gasteiger partial charge in [-0.15, -0.1) is 11.6 Å². The number of hydrogen-bond acceptors (Lipinski definition) is 1. The number of alkyl halides is 1. The van der Waals surface area contributed by atoms with E-state index in [1.807, 2.05) is 22.6 Å². The molecule has 0 aliphatic heterocycles. The number of rotatable bonds is 4. The van der Waals surface area contributed by atoms with E-state index in [-0.39, 0.29) is 11.2 Å². The molecule has 0 N–H and O–H groups in total. The maximum Gasteiger partial charge on any atom is 0.138 e. The third-order valence-corrected chi connectivity index (χ3v) is 5.18. The van der Waals surface area contributed by atoms with E-state index in [1.54, 1.807) is 12.1 Å². The van der Waals surface area contributed by atoms with E-state index in [4.69, 9.17) is 11.6 Å². The smallest absolute Gasteiger partial charge is 0.138 e. The molecule has 0 fully saturated rings. The molecule has 0 radical (unpaired) electrons. The summed E-state index contributed by atoms with van der Waals surface area (Å²) in [4.78, 5) is 4.54. The van der Waals surface area contributed by atoms with Crippen LogP contribution in [-0.4, -0.2) is 9.55 Å². The van der Waals surface area contributed by atoms with Gasteiger partial charge in [-0.1, -0.05) is 27.7 Å². The summed E-state index contributed by atoms with van der Waals surface area (Å²) in [5.41, 5.74) is 1.73. The summed E-state index contributed by atoms with van der Waals surface area (Å²) < 4.78 is 16.5. The van der Waals surface area contributed by atoms with Gasteiger partial charge in [-0.05, 0) is 40.0 Å². The van der Waals surface area contributed by atoms with Gasteiger partial charge < -0.3 is 4.57 Å². The summed E-state index contributed by atoms with van der Waals surface area (Å²) in [6.45, 7) is 9.60. The van der Waals surface area contributed by atoms with Crippen LogP contribution in [0.15, 0.2) is 12.1 Å². The number of aromatic nitrogens is 2. The van der Waals surface area contributed by atoms with Crippen LogP contribution in [0.2, 0.25) is 0 Å². The Morgan fingerprint density at radius 3 is 2.60 bits per heavy atom. The minimum atomic E-state index is -0.206. The molecule has 2 aromatic rings. The Bertz CT molecular complexity index is 634. The average molecular weight is 409 g/mol. The van der Waals surface area contributed by atoms with Crippen LogP contribution in [-0.2, 0) is 12.4 Å². The van der Waals surface area contributed by atoms with Crippen LogP contribution in [0, 0.1) is 20.7 Å². The number of nitrogens with zero attached hydrogens (tertiary/aromatic N) is 2. The Morgan fingerprint density at radius 2 is 2.05 bits per heavy atom. The van der Waals surface area contributed by atoms with Crippen molar-refractivity contribution in [2.45, 2.75) is 40.1 Å². The maximum absolute atomic E-state index is 13.9. The molecule has 0 aliphatic rings. The molecule has 1 aromatic carbocycles. The highest BCUT2D eigenvalue weighted by Gasteiger charge is 2.25. The predicted molar refractivity (Wildman–Crippen MR) is 90.6 cm³/mol. The lowest BCUT2D eigenvalue weighted by molar-refractivity contribution is 0.211. The van der Waals surface area contributed by atoms with E-state index in [1.165, 1.54) is 0 Å². The molecule has 0 saturated heterocycles. The first-order valence-electron chi connectivity index (χ1n) is 6.66. The maximum atomic E-state index is 13.9. The number of hydrogen-bond donors (Lipinski definition) is 0. The molecular formula is C15H19ClFIN2. The topological polar surface area (TPSA) is 17.8 Å². The van der Waals surface area contributed by atoms with Crippen LogP contribution >= 0.6 is 34.2 Å². The second-order valence-corrected chi connectivity index (χ2v) is 7.58. The minimum Gasteiger partial charge on any atom is -0.326 e. The summed E-state index contributed by atoms with van der Waals surface area (Å²) in [6, 6.07) is 3.34. The van der Waals surface area contributed by atoms with Crippen molar-refractivity contribution in [2.24, 2.45) is 11.3 Å². The lowest BCUT2D eigenvalue weighted by atomic mass is 9.81. The van der Waals surface area contributed by atoms with E-state index in [2.05, 4.69) is 37.2 Å². The van der Waals surface area contributed by atoms with E-state index in [0.29, 0.717) is 15.4 Å². The Balaban J connectivity index is 2.59. The minimum absolute atomic E-state index is 0.0912. The van der Waals surface area contributed by atoms with E-state index in [9.17, 15) is 4.39 Å². The SMILES string of the molecule is CC(C)C(C)(C)Cn1c(CCl)nc2cc(I)c(F)cc21. The zero-order valence-electron chi connectivity index (χ0n) is 12.2. The average Bonchev–Trinajstić information content (AvgIpc) is 2.67. The van der Waals surface area contributed by atoms with Crippen LogP contribution < -0.4 is 0 Å². The molecule has 0 unspecified atom stereocenters. The summed E-state index contributed by atoms with van der Waals surface area (Å²) in [6.07, 6.45) is 0. The highest BCUT2D eigenvalue weighted by molar-refractivity contribution is 14.1. The summed E-state index contributed by atoms with van der Waals surface area (Å²) in [5.74, 6) is 1.44. The van der Waals surface area contributed by atoms with Gasteiger partial charge in [0.05, 0.1) is 20.5 Å². The molecule has 1 heterocycles. The van der Waals surface area contributed by atoms with Gasteiger partial charge in [-0.3, -0.25) is 0 Å². The van der Waals surface area contributed by atoms with Gasteiger partial charge in [-0.25, -0.2) is 9.37 Å². The first kappa shape index (κ1) is 16.0. The van der Waals surface area contributed by atoms with Gasteiger partial charge >= 0.3 is 0 Å². The van der Waals surface area contributed by atoms with Gasteiger partial charge in [0.2, 0.25) is 0 Å². The third kappa shape index (κ3) is 2.96. The van der Waals surface area contributed by atoms with Crippen LogP contribution in [0.5, 0.6) is 0 Å². The quantitative estimate of drug-likeness (QED) is 0.502. The molecule has 5 heteroatoms. The summed E-state index contributed by atoms with van der Waals surface area (Å²) in [5, 5.41) is 0. The standard InChI is InChI=1S/C15H19ClFIN2/c1-9(2)15(3,4)8-20-13-5-10(17)11(18)6-12(13)19-14(20)7-16/h5-6,9H,7-8H2,1-4H3. The summed E-state index contributed by atoms with van der Waals surface area (Å²) >= 11 is 8.00. The molecule has 0 amide bonds. The van der Waals surface area contributed by atoms with Gasteiger partial charge in [0, 0.05) is 12.6 Å². The summed E-state index contributed by atoms with van der Waals surface area (Å²) in [7, 11) is 0. The van der Waals surface area contributed by atoms with Crippen LogP contribution in [0.25, 0.3) is 11.0 Å². The molecule has 0 aliphatic carbocycles. The van der Waals surface area contributed by atoms with Crippen molar-refractivity contribution in [2.75, 3.05) is 0 Å². The van der Waals surface area contributed by atoms with Crippen molar-refractivity contribution in [3.05, 3.63) is 27.3 Å². The highest BCUT2D eigenvalue weighted by atomic mass is 127. The second-order valence-electron chi connectivity index (χ2n) is 6.15. The zero-order chi connectivity index (χ0) is 15.1. The number of halogens is 3. The van der Waals surface area contributed by atoms with Crippen LogP contribution in [0.3, 0.4) is 0 Å². The third-order valence-electron chi connectivity index (χ3n) is 4.12. The normalized spacial score (nSPS) is 12.6. The Hall–Kier alpha value is -0.360. The van der Waals surface area contributed by atoms with Gasteiger partial charge in [0.25, 0.3) is 0 Å². The second kappa shape index (κ2) is 5.79. The fourth-order valence-corrected chi connectivity index (χ4v) is 2.69. The molecule has 2 rings (SSSR count). The fraction of sp³-hybridized carbons (Fsp3) is 0.533. The highest BCUT2D eigenvalue weighted by Crippen LogP contribution is 2.31. The molecule has 0 atom stereocenters.